The van der Waals surface area contributed by atoms with E-state index in [0.29, 0.717) is 0 Å². The molecule has 1 aliphatic rings. The van der Waals surface area contributed by atoms with Crippen molar-refractivity contribution in [3.05, 3.63) is 16.1 Å². The largest absolute Gasteiger partial charge is 0.389 e. The molecule has 1 atom stereocenters. The Morgan fingerprint density at radius 2 is 2.67 bits per heavy atom. The summed E-state index contributed by atoms with van der Waals surface area (Å²) in [6.07, 6.45) is 2.37. The lowest BCUT2D eigenvalue weighted by atomic mass is 10.2. The summed E-state index contributed by atoms with van der Waals surface area (Å²) in [6, 6.07) is 0. The summed E-state index contributed by atoms with van der Waals surface area (Å²) >= 11 is 1.50. The van der Waals surface area contributed by atoms with Gasteiger partial charge in [-0.2, -0.15) is 0 Å². The Bertz CT molecular complexity index is 255. The van der Waals surface area contributed by atoms with Crippen LogP contribution in [-0.2, 0) is 11.3 Å². The monoisotopic (exact) mass is 185 g/mol. The number of hydrogen-bond donors (Lipinski definition) is 1. The van der Waals surface area contributed by atoms with Crippen LogP contribution in [-0.4, -0.2) is 16.7 Å². The van der Waals surface area contributed by atoms with E-state index >= 15 is 0 Å². The molecule has 2 rings (SSSR count). The molecule has 0 saturated carbocycles. The number of aliphatic hydroxyl groups is 1. The summed E-state index contributed by atoms with van der Waals surface area (Å²) in [5.74, 6) is 0. The Morgan fingerprint density at radius 3 is 3.25 bits per heavy atom. The van der Waals surface area contributed by atoms with Gasteiger partial charge in [-0.25, -0.2) is 4.98 Å². The lowest BCUT2D eigenvalue weighted by molar-refractivity contribution is 0.109. The molecule has 2 heterocycles. The van der Waals surface area contributed by atoms with Crippen molar-refractivity contribution in [2.24, 2.45) is 0 Å². The second kappa shape index (κ2) is 3.51. The van der Waals surface area contributed by atoms with E-state index in [-0.39, 0.29) is 12.7 Å². The summed E-state index contributed by atoms with van der Waals surface area (Å²) < 4.78 is 5.46. The molecule has 1 unspecified atom stereocenters. The van der Waals surface area contributed by atoms with Gasteiger partial charge in [-0.1, -0.05) is 0 Å². The first-order valence-electron chi connectivity index (χ1n) is 4.07. The van der Waals surface area contributed by atoms with Crippen LogP contribution in [0.5, 0.6) is 0 Å². The van der Waals surface area contributed by atoms with Gasteiger partial charge in [-0.05, 0) is 12.8 Å². The number of nitrogens with zero attached hydrogens (tertiary/aromatic N) is 1. The maximum absolute atomic E-state index is 8.80. The Hall–Kier alpha value is -0.450. The third kappa shape index (κ3) is 1.50. The number of aliphatic hydroxyl groups excluding tert-OH is 1. The van der Waals surface area contributed by atoms with Gasteiger partial charge in [-0.3, -0.25) is 0 Å². The SMILES string of the molecule is OCc1nc(C2CCCO2)cs1. The molecule has 1 aromatic rings. The molecule has 0 radical (unpaired) electrons. The van der Waals surface area contributed by atoms with Crippen molar-refractivity contribution < 1.29 is 9.84 Å². The molecule has 0 spiro atoms. The second-order valence-electron chi connectivity index (χ2n) is 2.83. The minimum atomic E-state index is 0.0391. The van der Waals surface area contributed by atoms with Crippen LogP contribution in [0.2, 0.25) is 0 Å². The average Bonchev–Trinajstić information content (AvgIpc) is 2.75. The van der Waals surface area contributed by atoms with E-state index in [2.05, 4.69) is 4.98 Å². The third-order valence-electron chi connectivity index (χ3n) is 1.96. The quantitative estimate of drug-likeness (QED) is 0.759. The highest BCUT2D eigenvalue weighted by Crippen LogP contribution is 2.28. The standard InChI is InChI=1S/C8H11NO2S/c10-4-8-9-6(5-12-8)7-2-1-3-11-7/h5,7,10H,1-4H2. The van der Waals surface area contributed by atoms with Gasteiger partial charge >= 0.3 is 0 Å². The van der Waals surface area contributed by atoms with E-state index < -0.39 is 0 Å². The van der Waals surface area contributed by atoms with Gasteiger partial charge in [0, 0.05) is 12.0 Å². The molecule has 0 aliphatic carbocycles. The number of rotatable bonds is 2. The zero-order valence-corrected chi connectivity index (χ0v) is 7.51. The maximum atomic E-state index is 8.80. The van der Waals surface area contributed by atoms with Crippen molar-refractivity contribution in [2.45, 2.75) is 25.6 Å². The van der Waals surface area contributed by atoms with Crippen LogP contribution in [0.4, 0.5) is 0 Å². The molecule has 12 heavy (non-hydrogen) atoms. The van der Waals surface area contributed by atoms with Crippen LogP contribution in [0.15, 0.2) is 5.38 Å². The molecule has 1 aromatic heterocycles. The van der Waals surface area contributed by atoms with E-state index in [1.54, 1.807) is 0 Å². The highest BCUT2D eigenvalue weighted by molar-refractivity contribution is 7.09. The fourth-order valence-electron chi connectivity index (χ4n) is 1.36. The summed E-state index contributed by atoms with van der Waals surface area (Å²) in [7, 11) is 0. The highest BCUT2D eigenvalue weighted by Gasteiger charge is 2.19. The molecule has 3 nitrogen and oxygen atoms in total. The molecule has 0 bridgehead atoms. The molecule has 0 aromatic carbocycles. The Labute approximate surface area is 75.0 Å². The van der Waals surface area contributed by atoms with Gasteiger partial charge < -0.3 is 9.84 Å². The zero-order valence-electron chi connectivity index (χ0n) is 6.69. The average molecular weight is 185 g/mol. The van der Waals surface area contributed by atoms with Gasteiger partial charge in [0.1, 0.15) is 11.1 Å². The molecule has 1 saturated heterocycles. The first-order chi connectivity index (χ1) is 5.90. The first-order valence-corrected chi connectivity index (χ1v) is 4.95. The van der Waals surface area contributed by atoms with E-state index in [1.807, 2.05) is 5.38 Å². The van der Waals surface area contributed by atoms with Crippen molar-refractivity contribution in [1.29, 1.82) is 0 Å². The fourth-order valence-corrected chi connectivity index (χ4v) is 2.05. The van der Waals surface area contributed by atoms with Crippen molar-refractivity contribution >= 4 is 11.3 Å². The van der Waals surface area contributed by atoms with Crippen LogP contribution in [0.25, 0.3) is 0 Å². The van der Waals surface area contributed by atoms with Gasteiger partial charge in [-0.15, -0.1) is 11.3 Å². The van der Waals surface area contributed by atoms with Crippen LogP contribution in [0.1, 0.15) is 29.6 Å². The van der Waals surface area contributed by atoms with Gasteiger partial charge in [0.2, 0.25) is 0 Å². The minimum Gasteiger partial charge on any atom is -0.389 e. The number of thiazole rings is 1. The Balaban J connectivity index is 2.11. The van der Waals surface area contributed by atoms with Crippen molar-refractivity contribution in [3.63, 3.8) is 0 Å². The molecular weight excluding hydrogens is 174 g/mol. The van der Waals surface area contributed by atoms with Crippen molar-refractivity contribution in [2.75, 3.05) is 6.61 Å². The summed E-state index contributed by atoms with van der Waals surface area (Å²) in [5, 5.41) is 11.6. The Morgan fingerprint density at radius 1 is 1.75 bits per heavy atom. The topological polar surface area (TPSA) is 42.4 Å². The third-order valence-corrected chi connectivity index (χ3v) is 2.82. The second-order valence-corrected chi connectivity index (χ2v) is 3.77. The van der Waals surface area contributed by atoms with E-state index in [4.69, 9.17) is 9.84 Å². The molecule has 66 valence electrons. The smallest absolute Gasteiger partial charge is 0.118 e. The van der Waals surface area contributed by atoms with Gasteiger partial charge in [0.25, 0.3) is 0 Å². The molecule has 1 aliphatic heterocycles. The minimum absolute atomic E-state index is 0.0391. The van der Waals surface area contributed by atoms with Gasteiger partial charge in [0.15, 0.2) is 0 Å². The van der Waals surface area contributed by atoms with Crippen molar-refractivity contribution in [1.82, 2.24) is 4.98 Å². The number of hydrogen-bond acceptors (Lipinski definition) is 4. The van der Waals surface area contributed by atoms with Crippen LogP contribution >= 0.6 is 11.3 Å². The predicted molar refractivity (Wildman–Crippen MR) is 46.0 cm³/mol. The van der Waals surface area contributed by atoms with E-state index in [1.165, 1.54) is 11.3 Å². The summed E-state index contributed by atoms with van der Waals surface area (Å²) in [4.78, 5) is 4.25. The molecule has 4 heteroatoms. The lowest BCUT2D eigenvalue weighted by Crippen LogP contribution is -1.96. The van der Waals surface area contributed by atoms with Crippen LogP contribution in [0.3, 0.4) is 0 Å². The van der Waals surface area contributed by atoms with E-state index in [9.17, 15) is 0 Å². The predicted octanol–water partition coefficient (Wildman–Crippen LogP) is 1.49. The van der Waals surface area contributed by atoms with Crippen molar-refractivity contribution in [3.8, 4) is 0 Å². The molecule has 1 N–H and O–H groups in total. The first kappa shape index (κ1) is 8.16. The summed E-state index contributed by atoms with van der Waals surface area (Å²) in [5.41, 5.74) is 0.988. The van der Waals surface area contributed by atoms with Gasteiger partial charge in [0.05, 0.1) is 12.3 Å². The molecule has 1 fully saturated rings. The zero-order chi connectivity index (χ0) is 8.39. The number of ether oxygens (including phenoxy) is 1. The highest BCUT2D eigenvalue weighted by atomic mass is 32.1. The molecule has 0 amide bonds. The maximum Gasteiger partial charge on any atom is 0.118 e. The normalized spacial score (nSPS) is 23.2. The lowest BCUT2D eigenvalue weighted by Gasteiger charge is -2.03. The van der Waals surface area contributed by atoms with Crippen LogP contribution in [0, 0.1) is 0 Å². The van der Waals surface area contributed by atoms with E-state index in [0.717, 1.165) is 30.2 Å². The molecular formula is C8H11NO2S. The summed E-state index contributed by atoms with van der Waals surface area (Å²) in [6.45, 7) is 0.883. The fraction of sp³-hybridized carbons (Fsp3) is 0.625. The van der Waals surface area contributed by atoms with Crippen LogP contribution < -0.4 is 0 Å². The number of aromatic nitrogens is 1. The Kier molecular flexibility index (Phi) is 2.39.